The van der Waals surface area contributed by atoms with E-state index < -0.39 is 13.6 Å². The maximum Gasteiger partial charge on any atom is 0.129 e. The fraction of sp³-hybridized carbons (Fsp3) is 0.241. The Kier molecular flexibility index (Phi) is 6.48. The van der Waals surface area contributed by atoms with Gasteiger partial charge in [-0.15, -0.1) is 5.54 Å². The van der Waals surface area contributed by atoms with E-state index in [4.69, 9.17) is 0 Å². The molecule has 1 saturated heterocycles. The Morgan fingerprint density at radius 3 is 1.69 bits per heavy atom. The van der Waals surface area contributed by atoms with Crippen LogP contribution in [0.15, 0.2) is 103 Å². The lowest BCUT2D eigenvalue weighted by molar-refractivity contribution is 0.327. The van der Waals surface area contributed by atoms with Gasteiger partial charge < -0.3 is 5.11 Å². The summed E-state index contributed by atoms with van der Waals surface area (Å²) in [5, 5.41) is 9.73. The number of nitrogens with zero attached hydrogens (tertiary/aromatic N) is 1. The maximum atomic E-state index is 9.73. The van der Waals surface area contributed by atoms with Gasteiger partial charge in [-0.25, -0.2) is 0 Å². The van der Waals surface area contributed by atoms with Crippen LogP contribution in [0, 0.1) is 11.5 Å². The summed E-state index contributed by atoms with van der Waals surface area (Å²) in [5.74, 6) is 3.45. The summed E-state index contributed by atoms with van der Waals surface area (Å²) in [6.45, 7) is 7.66. The summed E-state index contributed by atoms with van der Waals surface area (Å²) in [4.78, 5) is 2.52. The summed E-state index contributed by atoms with van der Waals surface area (Å²) in [6.07, 6.45) is 1.89. The SMILES string of the molecule is C[Si](C)(C)C#C/C(=C\CO)[C@@H]1CN1C(c1ccccc1)(c1ccccc1)c1ccccc1. The van der Waals surface area contributed by atoms with Crippen LogP contribution in [0.2, 0.25) is 19.6 Å². The van der Waals surface area contributed by atoms with Crippen LogP contribution in [0.5, 0.6) is 0 Å². The zero-order valence-electron chi connectivity index (χ0n) is 19.1. The Hall–Kier alpha value is -2.90. The van der Waals surface area contributed by atoms with E-state index in [9.17, 15) is 5.11 Å². The van der Waals surface area contributed by atoms with Gasteiger partial charge in [-0.1, -0.05) is 117 Å². The van der Waals surface area contributed by atoms with Crippen LogP contribution in [0.1, 0.15) is 16.7 Å². The molecule has 1 aliphatic heterocycles. The van der Waals surface area contributed by atoms with Crippen molar-refractivity contribution in [1.82, 2.24) is 4.90 Å². The van der Waals surface area contributed by atoms with Gasteiger partial charge in [0.1, 0.15) is 8.07 Å². The van der Waals surface area contributed by atoms with Gasteiger partial charge >= 0.3 is 0 Å². The smallest absolute Gasteiger partial charge is 0.129 e. The van der Waals surface area contributed by atoms with Crippen LogP contribution in [-0.4, -0.2) is 37.3 Å². The number of hydrogen-bond acceptors (Lipinski definition) is 2. The maximum absolute atomic E-state index is 9.73. The molecule has 1 aliphatic rings. The van der Waals surface area contributed by atoms with Gasteiger partial charge in [0, 0.05) is 12.1 Å². The molecule has 32 heavy (non-hydrogen) atoms. The fourth-order valence-corrected chi connectivity index (χ4v) is 4.96. The van der Waals surface area contributed by atoms with Crippen LogP contribution in [-0.2, 0) is 5.54 Å². The second kappa shape index (κ2) is 9.30. The van der Waals surface area contributed by atoms with Crippen LogP contribution < -0.4 is 0 Å². The molecule has 2 nitrogen and oxygen atoms in total. The molecule has 1 heterocycles. The zero-order chi connectivity index (χ0) is 22.6. The number of aliphatic hydroxyl groups is 1. The number of aliphatic hydroxyl groups excluding tert-OH is 1. The molecule has 1 unspecified atom stereocenters. The topological polar surface area (TPSA) is 23.2 Å². The average Bonchev–Trinajstić information content (AvgIpc) is 3.60. The molecule has 4 rings (SSSR count). The summed E-state index contributed by atoms with van der Waals surface area (Å²) < 4.78 is 0. The molecule has 0 saturated carbocycles. The molecule has 0 aromatic heterocycles. The van der Waals surface area contributed by atoms with Gasteiger partial charge in [-0.3, -0.25) is 4.90 Å². The van der Waals surface area contributed by atoms with Gasteiger partial charge in [-0.2, -0.15) is 0 Å². The Labute approximate surface area is 193 Å². The standard InChI is InChI=1S/C29H31NOSi/c1-32(2,3)22-20-24(19-21-31)28-23-30(28)29(25-13-7-4-8-14-25,26-15-9-5-10-16-26)27-17-11-6-12-18-27/h4-19,28,31H,21,23H2,1-3H3/b24-19+/t28-,30?/m0/s1. The number of benzene rings is 3. The summed E-state index contributed by atoms with van der Waals surface area (Å²) in [6, 6.07) is 32.4. The van der Waals surface area contributed by atoms with Crippen molar-refractivity contribution in [2.24, 2.45) is 0 Å². The summed E-state index contributed by atoms with van der Waals surface area (Å²) in [5.41, 5.74) is 7.82. The summed E-state index contributed by atoms with van der Waals surface area (Å²) in [7, 11) is -1.53. The molecule has 3 heteroatoms. The van der Waals surface area contributed by atoms with Crippen molar-refractivity contribution in [2.45, 2.75) is 31.2 Å². The minimum absolute atomic E-state index is 0.00899. The number of rotatable bonds is 6. The van der Waals surface area contributed by atoms with Gasteiger partial charge in [-0.05, 0) is 22.8 Å². The second-order valence-electron chi connectivity index (χ2n) is 9.32. The fourth-order valence-electron chi connectivity index (χ4n) is 4.44. The molecule has 1 N–H and O–H groups in total. The molecule has 0 spiro atoms. The molecule has 0 aliphatic carbocycles. The Bertz CT molecular complexity index is 1030. The Balaban J connectivity index is 1.90. The predicted molar refractivity (Wildman–Crippen MR) is 136 cm³/mol. The van der Waals surface area contributed by atoms with E-state index in [1.165, 1.54) is 16.7 Å². The molecule has 1 fully saturated rings. The number of hydrogen-bond donors (Lipinski definition) is 1. The monoisotopic (exact) mass is 437 g/mol. The predicted octanol–water partition coefficient (Wildman–Crippen LogP) is 5.46. The minimum Gasteiger partial charge on any atom is -0.392 e. The lowest BCUT2D eigenvalue weighted by atomic mass is 9.76. The average molecular weight is 438 g/mol. The molecule has 0 radical (unpaired) electrons. The van der Waals surface area contributed by atoms with Gasteiger partial charge in [0.2, 0.25) is 0 Å². The lowest BCUT2D eigenvalue weighted by Crippen LogP contribution is -2.39. The van der Waals surface area contributed by atoms with Crippen LogP contribution >= 0.6 is 0 Å². The third-order valence-corrected chi connectivity index (χ3v) is 6.74. The normalized spacial score (nSPS) is 18.6. The molecular formula is C29H31NOSi. The first-order valence-corrected chi connectivity index (χ1v) is 14.7. The molecular weight excluding hydrogens is 406 g/mol. The third-order valence-electron chi connectivity index (χ3n) is 5.87. The van der Waals surface area contributed by atoms with Crippen molar-refractivity contribution in [3.63, 3.8) is 0 Å². The van der Waals surface area contributed by atoms with E-state index >= 15 is 0 Å². The van der Waals surface area contributed by atoms with E-state index in [2.05, 4.69) is 127 Å². The van der Waals surface area contributed by atoms with Crippen molar-refractivity contribution in [3.05, 3.63) is 119 Å². The van der Waals surface area contributed by atoms with Crippen LogP contribution in [0.4, 0.5) is 0 Å². The van der Waals surface area contributed by atoms with Crippen molar-refractivity contribution >= 4 is 8.07 Å². The highest BCUT2D eigenvalue weighted by Gasteiger charge is 2.54. The van der Waals surface area contributed by atoms with Crippen molar-refractivity contribution in [2.75, 3.05) is 13.2 Å². The highest BCUT2D eigenvalue weighted by Crippen LogP contribution is 2.49. The van der Waals surface area contributed by atoms with Gasteiger partial charge in [0.05, 0.1) is 18.2 Å². The molecule has 3 aromatic rings. The molecule has 2 atom stereocenters. The lowest BCUT2D eigenvalue weighted by Gasteiger charge is -2.38. The van der Waals surface area contributed by atoms with Crippen molar-refractivity contribution in [1.29, 1.82) is 0 Å². The van der Waals surface area contributed by atoms with E-state index in [1.54, 1.807) is 0 Å². The van der Waals surface area contributed by atoms with Crippen LogP contribution in [0.3, 0.4) is 0 Å². The Morgan fingerprint density at radius 1 is 0.875 bits per heavy atom. The Morgan fingerprint density at radius 2 is 1.31 bits per heavy atom. The first-order valence-electron chi connectivity index (χ1n) is 11.2. The first-order chi connectivity index (χ1) is 15.5. The van der Waals surface area contributed by atoms with Crippen molar-refractivity contribution < 1.29 is 5.11 Å². The molecule has 162 valence electrons. The van der Waals surface area contributed by atoms with Gasteiger partial charge in [0.15, 0.2) is 0 Å². The highest BCUT2D eigenvalue weighted by molar-refractivity contribution is 6.83. The highest BCUT2D eigenvalue weighted by atomic mass is 28.3. The molecule has 0 amide bonds. The second-order valence-corrected chi connectivity index (χ2v) is 14.1. The van der Waals surface area contributed by atoms with E-state index in [-0.39, 0.29) is 12.6 Å². The molecule has 0 bridgehead atoms. The zero-order valence-corrected chi connectivity index (χ0v) is 20.1. The quantitative estimate of drug-likeness (QED) is 0.239. The van der Waals surface area contributed by atoms with E-state index in [0.717, 1.165) is 12.1 Å². The molecule has 3 aromatic carbocycles. The minimum atomic E-state index is -1.53. The largest absolute Gasteiger partial charge is 0.392 e. The summed E-state index contributed by atoms with van der Waals surface area (Å²) >= 11 is 0. The van der Waals surface area contributed by atoms with E-state index in [1.807, 2.05) is 6.08 Å². The third kappa shape index (κ3) is 4.49. The first kappa shape index (κ1) is 22.3. The van der Waals surface area contributed by atoms with Gasteiger partial charge in [0.25, 0.3) is 0 Å². The van der Waals surface area contributed by atoms with Crippen LogP contribution in [0.25, 0.3) is 0 Å². The van der Waals surface area contributed by atoms with Crippen molar-refractivity contribution in [3.8, 4) is 11.5 Å². The van der Waals surface area contributed by atoms with E-state index in [0.29, 0.717) is 0 Å².